The first kappa shape index (κ1) is 16.5. The van der Waals surface area contributed by atoms with Crippen LogP contribution in [0.2, 0.25) is 0 Å². The fourth-order valence-corrected chi connectivity index (χ4v) is 1.18. The molecular formula is C12H24N2O4. The van der Waals surface area contributed by atoms with Crippen LogP contribution >= 0.6 is 0 Å². The van der Waals surface area contributed by atoms with Crippen LogP contribution in [0.15, 0.2) is 0 Å². The van der Waals surface area contributed by atoms with E-state index in [0.717, 1.165) is 38.5 Å². The van der Waals surface area contributed by atoms with Crippen molar-refractivity contribution in [2.75, 3.05) is 13.2 Å². The quantitative estimate of drug-likeness (QED) is 0.519. The third-order valence-corrected chi connectivity index (χ3v) is 2.23. The fourth-order valence-electron chi connectivity index (χ4n) is 1.18. The standard InChI is InChI=1S/C12H24N2O4/c1-3-5-7-8-10-18-12(16)14-13-11(15)17-9-6-4-2/h3-10H2,1-2H3,(H,13,15)(H,14,16). The summed E-state index contributed by atoms with van der Waals surface area (Å²) >= 11 is 0. The molecule has 0 aromatic carbocycles. The van der Waals surface area contributed by atoms with E-state index in [9.17, 15) is 9.59 Å². The molecule has 2 N–H and O–H groups in total. The Balaban J connectivity index is 3.37. The molecule has 6 nitrogen and oxygen atoms in total. The van der Waals surface area contributed by atoms with Crippen LogP contribution in [0.1, 0.15) is 52.4 Å². The van der Waals surface area contributed by atoms with Gasteiger partial charge in [-0.1, -0.05) is 39.5 Å². The molecule has 6 heteroatoms. The molecule has 0 saturated heterocycles. The van der Waals surface area contributed by atoms with Gasteiger partial charge in [0.25, 0.3) is 0 Å². The number of ether oxygens (including phenoxy) is 2. The summed E-state index contributed by atoms with van der Waals surface area (Å²) < 4.78 is 9.61. The van der Waals surface area contributed by atoms with E-state index >= 15 is 0 Å². The Morgan fingerprint density at radius 3 is 1.78 bits per heavy atom. The number of hydrogen-bond acceptors (Lipinski definition) is 4. The van der Waals surface area contributed by atoms with E-state index < -0.39 is 12.2 Å². The minimum Gasteiger partial charge on any atom is -0.448 e. The fraction of sp³-hybridized carbons (Fsp3) is 0.833. The van der Waals surface area contributed by atoms with Crippen LogP contribution in [0.5, 0.6) is 0 Å². The van der Waals surface area contributed by atoms with Gasteiger partial charge in [-0.25, -0.2) is 20.4 Å². The van der Waals surface area contributed by atoms with Crippen LogP contribution in [0, 0.1) is 0 Å². The van der Waals surface area contributed by atoms with E-state index in [1.807, 2.05) is 6.92 Å². The van der Waals surface area contributed by atoms with Crippen molar-refractivity contribution in [3.05, 3.63) is 0 Å². The molecule has 0 rings (SSSR count). The molecule has 2 amide bonds. The van der Waals surface area contributed by atoms with Crippen molar-refractivity contribution in [1.82, 2.24) is 10.9 Å². The van der Waals surface area contributed by atoms with Gasteiger partial charge in [0.15, 0.2) is 0 Å². The second-order valence-corrected chi connectivity index (χ2v) is 3.94. The third kappa shape index (κ3) is 11.0. The topological polar surface area (TPSA) is 76.7 Å². The molecule has 0 heterocycles. The number of hydrazine groups is 1. The predicted molar refractivity (Wildman–Crippen MR) is 68.0 cm³/mol. The van der Waals surface area contributed by atoms with Crippen LogP contribution < -0.4 is 10.9 Å². The van der Waals surface area contributed by atoms with Crippen molar-refractivity contribution in [3.63, 3.8) is 0 Å². The summed E-state index contributed by atoms with van der Waals surface area (Å²) in [6.45, 7) is 4.81. The van der Waals surface area contributed by atoms with E-state index in [-0.39, 0.29) is 0 Å². The molecule has 0 spiro atoms. The Labute approximate surface area is 108 Å². The van der Waals surface area contributed by atoms with Crippen LogP contribution in [0.3, 0.4) is 0 Å². The second-order valence-electron chi connectivity index (χ2n) is 3.94. The number of amides is 2. The number of unbranched alkanes of at least 4 members (excludes halogenated alkanes) is 4. The molecule has 0 aliphatic carbocycles. The van der Waals surface area contributed by atoms with Crippen LogP contribution in [-0.4, -0.2) is 25.4 Å². The van der Waals surface area contributed by atoms with Crippen molar-refractivity contribution in [2.45, 2.75) is 52.4 Å². The lowest BCUT2D eigenvalue weighted by molar-refractivity contribution is 0.122. The summed E-state index contributed by atoms with van der Waals surface area (Å²) in [5.41, 5.74) is 4.22. The molecule has 0 unspecified atom stereocenters. The molecule has 0 saturated carbocycles. The SMILES string of the molecule is CCCCCCOC(=O)NNC(=O)OCCCC. The van der Waals surface area contributed by atoms with Crippen LogP contribution in [0.4, 0.5) is 9.59 Å². The molecule has 0 fully saturated rings. The summed E-state index contributed by atoms with van der Waals surface area (Å²) in [6, 6.07) is 0. The number of carbonyl (C=O) groups is 2. The minimum atomic E-state index is -0.675. The summed E-state index contributed by atoms with van der Waals surface area (Å²) in [4.78, 5) is 22.1. The van der Waals surface area contributed by atoms with Gasteiger partial charge < -0.3 is 9.47 Å². The Hall–Kier alpha value is -1.46. The van der Waals surface area contributed by atoms with Crippen molar-refractivity contribution >= 4 is 12.2 Å². The average Bonchev–Trinajstić information content (AvgIpc) is 2.36. The van der Waals surface area contributed by atoms with Gasteiger partial charge in [-0.3, -0.25) is 0 Å². The molecule has 0 aliphatic heterocycles. The molecule has 0 bridgehead atoms. The minimum absolute atomic E-state index is 0.343. The Kier molecular flexibility index (Phi) is 11.0. The Morgan fingerprint density at radius 1 is 0.778 bits per heavy atom. The van der Waals surface area contributed by atoms with E-state index in [1.165, 1.54) is 0 Å². The Morgan fingerprint density at radius 2 is 1.28 bits per heavy atom. The lowest BCUT2D eigenvalue weighted by Gasteiger charge is -2.08. The molecular weight excluding hydrogens is 236 g/mol. The van der Waals surface area contributed by atoms with E-state index in [4.69, 9.17) is 9.47 Å². The zero-order chi connectivity index (χ0) is 13.6. The molecule has 0 atom stereocenters. The smallest absolute Gasteiger partial charge is 0.426 e. The van der Waals surface area contributed by atoms with Gasteiger partial charge in [-0.2, -0.15) is 0 Å². The summed E-state index contributed by atoms with van der Waals surface area (Å²) in [7, 11) is 0. The first-order chi connectivity index (χ1) is 8.70. The zero-order valence-electron chi connectivity index (χ0n) is 11.3. The van der Waals surface area contributed by atoms with Crippen molar-refractivity contribution in [3.8, 4) is 0 Å². The second kappa shape index (κ2) is 12.0. The normalized spacial score (nSPS) is 9.67. The molecule has 0 aromatic heterocycles. The molecule has 0 aliphatic rings. The molecule has 0 aromatic rings. The van der Waals surface area contributed by atoms with E-state index in [0.29, 0.717) is 13.2 Å². The van der Waals surface area contributed by atoms with Gasteiger partial charge in [0, 0.05) is 0 Å². The molecule has 18 heavy (non-hydrogen) atoms. The third-order valence-electron chi connectivity index (χ3n) is 2.23. The zero-order valence-corrected chi connectivity index (χ0v) is 11.3. The summed E-state index contributed by atoms with van der Waals surface area (Å²) in [5.74, 6) is 0. The first-order valence-electron chi connectivity index (χ1n) is 6.56. The number of hydrogen-bond donors (Lipinski definition) is 2. The largest absolute Gasteiger partial charge is 0.448 e. The van der Waals surface area contributed by atoms with Crippen molar-refractivity contribution in [1.29, 1.82) is 0 Å². The average molecular weight is 260 g/mol. The van der Waals surface area contributed by atoms with E-state index in [1.54, 1.807) is 0 Å². The maximum atomic E-state index is 11.1. The highest BCUT2D eigenvalue weighted by atomic mass is 16.6. The lowest BCUT2D eigenvalue weighted by atomic mass is 10.2. The molecule has 0 radical (unpaired) electrons. The lowest BCUT2D eigenvalue weighted by Crippen LogP contribution is -2.42. The highest BCUT2D eigenvalue weighted by Crippen LogP contribution is 1.98. The van der Waals surface area contributed by atoms with Gasteiger partial charge in [-0.15, -0.1) is 0 Å². The van der Waals surface area contributed by atoms with Crippen molar-refractivity contribution in [2.24, 2.45) is 0 Å². The first-order valence-corrected chi connectivity index (χ1v) is 6.56. The van der Waals surface area contributed by atoms with Gasteiger partial charge in [0.1, 0.15) is 0 Å². The van der Waals surface area contributed by atoms with Crippen molar-refractivity contribution < 1.29 is 19.1 Å². The number of nitrogens with one attached hydrogen (secondary N) is 2. The van der Waals surface area contributed by atoms with Crippen LogP contribution in [0.25, 0.3) is 0 Å². The van der Waals surface area contributed by atoms with Gasteiger partial charge in [0.05, 0.1) is 13.2 Å². The maximum Gasteiger partial charge on any atom is 0.426 e. The summed E-state index contributed by atoms with van der Waals surface area (Å²) in [5, 5.41) is 0. The number of carbonyl (C=O) groups excluding carboxylic acids is 2. The predicted octanol–water partition coefficient (Wildman–Crippen LogP) is 2.73. The van der Waals surface area contributed by atoms with Gasteiger partial charge in [-0.05, 0) is 12.8 Å². The van der Waals surface area contributed by atoms with E-state index in [2.05, 4.69) is 17.8 Å². The Bertz CT molecular complexity index is 234. The van der Waals surface area contributed by atoms with Crippen LogP contribution in [-0.2, 0) is 9.47 Å². The highest BCUT2D eigenvalue weighted by molar-refractivity contribution is 5.73. The highest BCUT2D eigenvalue weighted by Gasteiger charge is 2.05. The monoisotopic (exact) mass is 260 g/mol. The van der Waals surface area contributed by atoms with Gasteiger partial charge in [0.2, 0.25) is 0 Å². The van der Waals surface area contributed by atoms with Gasteiger partial charge >= 0.3 is 12.2 Å². The summed E-state index contributed by atoms with van der Waals surface area (Å²) in [6.07, 6.45) is 4.55. The maximum absolute atomic E-state index is 11.1. The molecule has 106 valence electrons. The number of rotatable bonds is 8.